The molecule has 0 aliphatic heterocycles. The number of rotatable bonds is 6. The third-order valence-corrected chi connectivity index (χ3v) is 5.51. The first-order chi connectivity index (χ1) is 10.0. The van der Waals surface area contributed by atoms with Gasteiger partial charge in [0.15, 0.2) is 0 Å². The van der Waals surface area contributed by atoms with Crippen LogP contribution in [0.15, 0.2) is 23.6 Å². The molecular weight excluding hydrogens is 328 g/mol. The zero-order chi connectivity index (χ0) is 15.4. The standard InChI is InChI=1S/C16H18Cl2FNS/c1-3-6-20-14(16-15(18)10(2)9-21-16)8-11-7-12(19)4-5-13(11)17/h4-5,7,9,14,20H,3,6,8H2,1-2H3. The van der Waals surface area contributed by atoms with Gasteiger partial charge in [-0.1, -0.05) is 30.1 Å². The summed E-state index contributed by atoms with van der Waals surface area (Å²) in [5, 5.41) is 6.91. The summed E-state index contributed by atoms with van der Waals surface area (Å²) in [6.45, 7) is 4.99. The second-order valence-electron chi connectivity index (χ2n) is 5.04. The van der Waals surface area contributed by atoms with Crippen LogP contribution in [0, 0.1) is 12.7 Å². The van der Waals surface area contributed by atoms with Crippen molar-refractivity contribution in [2.45, 2.75) is 32.7 Å². The summed E-state index contributed by atoms with van der Waals surface area (Å²) in [6, 6.07) is 4.53. The van der Waals surface area contributed by atoms with Gasteiger partial charge in [-0.3, -0.25) is 0 Å². The Morgan fingerprint density at radius 2 is 2.10 bits per heavy atom. The topological polar surface area (TPSA) is 12.0 Å². The van der Waals surface area contributed by atoms with E-state index >= 15 is 0 Å². The molecule has 0 saturated carbocycles. The molecule has 1 unspecified atom stereocenters. The van der Waals surface area contributed by atoms with E-state index in [1.165, 1.54) is 12.1 Å². The number of thiophene rings is 1. The zero-order valence-corrected chi connectivity index (χ0v) is 14.4. The Hall–Kier alpha value is -0.610. The van der Waals surface area contributed by atoms with Crippen LogP contribution in [0.4, 0.5) is 4.39 Å². The normalized spacial score (nSPS) is 12.6. The molecular formula is C16H18Cl2FNS. The molecule has 0 fully saturated rings. The molecule has 0 amide bonds. The van der Waals surface area contributed by atoms with Crippen LogP contribution >= 0.6 is 34.5 Å². The first-order valence-electron chi connectivity index (χ1n) is 6.93. The fraction of sp³-hybridized carbons (Fsp3) is 0.375. The lowest BCUT2D eigenvalue weighted by Crippen LogP contribution is -2.23. The van der Waals surface area contributed by atoms with Gasteiger partial charge in [-0.05, 0) is 61.0 Å². The summed E-state index contributed by atoms with van der Waals surface area (Å²) in [6.07, 6.45) is 1.64. The summed E-state index contributed by atoms with van der Waals surface area (Å²) >= 11 is 14.2. The zero-order valence-electron chi connectivity index (χ0n) is 12.1. The Balaban J connectivity index is 2.28. The van der Waals surface area contributed by atoms with Gasteiger partial charge in [0.2, 0.25) is 0 Å². The Morgan fingerprint density at radius 1 is 1.33 bits per heavy atom. The predicted octanol–water partition coefficient (Wildman–Crippen LogP) is 5.79. The minimum absolute atomic E-state index is 0.0513. The van der Waals surface area contributed by atoms with Crippen LogP contribution in [-0.2, 0) is 6.42 Å². The van der Waals surface area contributed by atoms with Crippen molar-refractivity contribution < 1.29 is 4.39 Å². The molecule has 21 heavy (non-hydrogen) atoms. The van der Waals surface area contributed by atoms with Crippen molar-refractivity contribution in [2.75, 3.05) is 6.54 Å². The molecule has 114 valence electrons. The second kappa shape index (κ2) is 7.59. The van der Waals surface area contributed by atoms with E-state index in [1.807, 2.05) is 12.3 Å². The van der Waals surface area contributed by atoms with E-state index in [-0.39, 0.29) is 11.9 Å². The highest BCUT2D eigenvalue weighted by Gasteiger charge is 2.19. The minimum Gasteiger partial charge on any atom is -0.309 e. The molecule has 2 rings (SSSR count). The fourth-order valence-corrected chi connectivity index (χ4v) is 3.78. The highest BCUT2D eigenvalue weighted by molar-refractivity contribution is 7.10. The SMILES string of the molecule is CCCNC(Cc1cc(F)ccc1Cl)c1scc(C)c1Cl. The molecule has 5 heteroatoms. The molecule has 1 heterocycles. The summed E-state index contributed by atoms with van der Waals surface area (Å²) in [5.41, 5.74) is 1.87. The van der Waals surface area contributed by atoms with Crippen LogP contribution in [0.25, 0.3) is 0 Å². The van der Waals surface area contributed by atoms with Crippen LogP contribution in [0.1, 0.15) is 35.4 Å². The second-order valence-corrected chi connectivity index (χ2v) is 6.74. The van der Waals surface area contributed by atoms with E-state index in [0.29, 0.717) is 11.4 Å². The highest BCUT2D eigenvalue weighted by Crippen LogP contribution is 2.35. The van der Waals surface area contributed by atoms with Crippen LogP contribution in [0.5, 0.6) is 0 Å². The number of halogens is 3. The average Bonchev–Trinajstić information content (AvgIpc) is 2.79. The quantitative estimate of drug-likeness (QED) is 0.698. The summed E-state index contributed by atoms with van der Waals surface area (Å²) < 4.78 is 13.4. The lowest BCUT2D eigenvalue weighted by Gasteiger charge is -2.19. The van der Waals surface area contributed by atoms with Crippen LogP contribution in [0.2, 0.25) is 10.0 Å². The molecule has 0 aliphatic rings. The van der Waals surface area contributed by atoms with Gasteiger partial charge >= 0.3 is 0 Å². The van der Waals surface area contributed by atoms with E-state index in [2.05, 4.69) is 12.2 Å². The molecule has 1 aromatic carbocycles. The summed E-state index contributed by atoms with van der Waals surface area (Å²) in [5.74, 6) is -0.267. The highest BCUT2D eigenvalue weighted by atomic mass is 35.5. The van der Waals surface area contributed by atoms with Crippen molar-refractivity contribution in [1.29, 1.82) is 0 Å². The largest absolute Gasteiger partial charge is 0.309 e. The van der Waals surface area contributed by atoms with Gasteiger partial charge in [-0.2, -0.15) is 0 Å². The van der Waals surface area contributed by atoms with Crippen LogP contribution in [0.3, 0.4) is 0 Å². The van der Waals surface area contributed by atoms with Gasteiger partial charge in [-0.15, -0.1) is 11.3 Å². The molecule has 0 bridgehead atoms. The lowest BCUT2D eigenvalue weighted by atomic mass is 10.0. The summed E-state index contributed by atoms with van der Waals surface area (Å²) in [7, 11) is 0. The van der Waals surface area contributed by atoms with E-state index in [9.17, 15) is 4.39 Å². The van der Waals surface area contributed by atoms with Gasteiger partial charge < -0.3 is 5.32 Å². The number of hydrogen-bond donors (Lipinski definition) is 1. The van der Waals surface area contributed by atoms with E-state index in [0.717, 1.165) is 34.0 Å². The third-order valence-electron chi connectivity index (χ3n) is 3.31. The Bertz CT molecular complexity index is 612. The number of aryl methyl sites for hydroxylation is 1. The van der Waals surface area contributed by atoms with Crippen molar-refractivity contribution in [3.05, 3.63) is 55.4 Å². The van der Waals surface area contributed by atoms with Gasteiger partial charge in [-0.25, -0.2) is 4.39 Å². The van der Waals surface area contributed by atoms with Gasteiger partial charge in [0, 0.05) is 15.9 Å². The van der Waals surface area contributed by atoms with Gasteiger partial charge in [0.1, 0.15) is 5.82 Å². The number of nitrogens with one attached hydrogen (secondary N) is 1. The minimum atomic E-state index is -0.267. The smallest absolute Gasteiger partial charge is 0.123 e. The molecule has 1 N–H and O–H groups in total. The Kier molecular flexibility index (Phi) is 6.06. The molecule has 0 spiro atoms. The molecule has 2 aromatic rings. The molecule has 0 saturated heterocycles. The fourth-order valence-electron chi connectivity index (χ4n) is 2.18. The Morgan fingerprint density at radius 3 is 2.71 bits per heavy atom. The molecule has 1 nitrogen and oxygen atoms in total. The monoisotopic (exact) mass is 345 g/mol. The van der Waals surface area contributed by atoms with Gasteiger partial charge in [0.05, 0.1) is 5.02 Å². The first kappa shape index (κ1) is 16.8. The van der Waals surface area contributed by atoms with Crippen molar-refractivity contribution >= 4 is 34.5 Å². The number of hydrogen-bond acceptors (Lipinski definition) is 2. The van der Waals surface area contributed by atoms with Crippen LogP contribution in [-0.4, -0.2) is 6.54 Å². The Labute approximate surface area is 139 Å². The van der Waals surface area contributed by atoms with E-state index in [4.69, 9.17) is 23.2 Å². The number of benzene rings is 1. The third kappa shape index (κ3) is 4.19. The van der Waals surface area contributed by atoms with E-state index < -0.39 is 0 Å². The summed E-state index contributed by atoms with van der Waals surface area (Å²) in [4.78, 5) is 1.09. The maximum Gasteiger partial charge on any atom is 0.123 e. The van der Waals surface area contributed by atoms with E-state index in [1.54, 1.807) is 17.4 Å². The average molecular weight is 346 g/mol. The molecule has 0 radical (unpaired) electrons. The molecule has 1 aromatic heterocycles. The van der Waals surface area contributed by atoms with Crippen molar-refractivity contribution in [1.82, 2.24) is 5.32 Å². The predicted molar refractivity (Wildman–Crippen MR) is 90.2 cm³/mol. The molecule has 1 atom stereocenters. The van der Waals surface area contributed by atoms with Crippen molar-refractivity contribution in [2.24, 2.45) is 0 Å². The maximum absolute atomic E-state index is 13.4. The van der Waals surface area contributed by atoms with Crippen molar-refractivity contribution in [3.8, 4) is 0 Å². The lowest BCUT2D eigenvalue weighted by molar-refractivity contribution is 0.534. The van der Waals surface area contributed by atoms with Crippen molar-refractivity contribution in [3.63, 3.8) is 0 Å². The first-order valence-corrected chi connectivity index (χ1v) is 8.57. The maximum atomic E-state index is 13.4. The van der Waals surface area contributed by atoms with Crippen LogP contribution < -0.4 is 5.32 Å². The molecule has 0 aliphatic carbocycles. The van der Waals surface area contributed by atoms with Gasteiger partial charge in [0.25, 0.3) is 0 Å².